The second-order valence-electron chi connectivity index (χ2n) is 8.09. The van der Waals surface area contributed by atoms with Crippen LogP contribution in [0.3, 0.4) is 0 Å². The summed E-state index contributed by atoms with van der Waals surface area (Å²) in [7, 11) is 1.54. The van der Waals surface area contributed by atoms with Crippen LogP contribution in [-0.2, 0) is 6.54 Å². The molecule has 11 heteroatoms. The molecule has 3 aromatic rings. The molecule has 174 valence electrons. The topological polar surface area (TPSA) is 127 Å². The van der Waals surface area contributed by atoms with E-state index in [2.05, 4.69) is 25.2 Å². The second kappa shape index (κ2) is 9.20. The van der Waals surface area contributed by atoms with Crippen molar-refractivity contribution in [1.82, 2.24) is 19.4 Å². The van der Waals surface area contributed by atoms with Crippen molar-refractivity contribution in [2.75, 3.05) is 45.2 Å². The van der Waals surface area contributed by atoms with E-state index in [-0.39, 0.29) is 18.0 Å². The van der Waals surface area contributed by atoms with Gasteiger partial charge < -0.3 is 29.2 Å². The third kappa shape index (κ3) is 4.29. The summed E-state index contributed by atoms with van der Waals surface area (Å²) in [5.41, 5.74) is 0.738. The van der Waals surface area contributed by atoms with Crippen molar-refractivity contribution < 1.29 is 23.8 Å². The van der Waals surface area contributed by atoms with Crippen LogP contribution < -0.4 is 20.4 Å². The molecule has 0 unspecified atom stereocenters. The summed E-state index contributed by atoms with van der Waals surface area (Å²) in [5, 5.41) is 14.6. The van der Waals surface area contributed by atoms with Gasteiger partial charge in [0.2, 0.25) is 11.4 Å². The third-order valence-corrected chi connectivity index (χ3v) is 5.85. The Labute approximate surface area is 189 Å². The molecule has 1 saturated heterocycles. The molecule has 1 amide bonds. The smallest absolute Gasteiger partial charge is 0.317 e. The molecule has 2 aliphatic heterocycles. The van der Waals surface area contributed by atoms with Gasteiger partial charge in [-0.3, -0.25) is 9.36 Å². The molecule has 0 bridgehead atoms. The molecule has 0 spiro atoms. The minimum atomic E-state index is -0.612. The van der Waals surface area contributed by atoms with Crippen molar-refractivity contribution in [3.8, 4) is 11.5 Å². The van der Waals surface area contributed by atoms with Gasteiger partial charge in [0.05, 0.1) is 13.3 Å². The molecule has 33 heavy (non-hydrogen) atoms. The normalized spacial score (nSPS) is 17.2. The van der Waals surface area contributed by atoms with Crippen LogP contribution in [-0.4, -0.2) is 76.4 Å². The maximum absolute atomic E-state index is 12.5. The van der Waals surface area contributed by atoms with Gasteiger partial charge in [-0.25, -0.2) is 9.97 Å². The van der Waals surface area contributed by atoms with E-state index < -0.39 is 12.0 Å². The Morgan fingerprint density at radius 1 is 1.33 bits per heavy atom. The summed E-state index contributed by atoms with van der Waals surface area (Å²) in [4.78, 5) is 27.3. The Morgan fingerprint density at radius 3 is 2.94 bits per heavy atom. The maximum Gasteiger partial charge on any atom is 0.317 e. The van der Waals surface area contributed by atoms with Gasteiger partial charge in [0.25, 0.3) is 0 Å². The number of likely N-dealkylation sites (tertiary alicyclic amines) is 1. The largest absolute Gasteiger partial charge is 0.491 e. The van der Waals surface area contributed by atoms with Crippen LogP contribution in [0.25, 0.3) is 10.9 Å². The number of benzene rings is 1. The number of aromatic nitrogens is 3. The molecule has 2 aliphatic rings. The molecule has 1 aromatic carbocycles. The lowest BCUT2D eigenvalue weighted by atomic mass is 10.2. The highest BCUT2D eigenvalue weighted by Crippen LogP contribution is 2.37. The summed E-state index contributed by atoms with van der Waals surface area (Å²) >= 11 is 0. The lowest BCUT2D eigenvalue weighted by Crippen LogP contribution is -2.33. The third-order valence-electron chi connectivity index (χ3n) is 5.85. The highest BCUT2D eigenvalue weighted by atomic mass is 16.5. The molecular formula is C22H26N6O5. The zero-order valence-corrected chi connectivity index (χ0v) is 18.4. The number of β-amino-alcohol motifs (C(OH)–C–C–N with tert-alkyl or cyclic N) is 1. The molecule has 2 N–H and O–H groups in total. The van der Waals surface area contributed by atoms with Gasteiger partial charge in [-0.15, -0.1) is 0 Å². The summed E-state index contributed by atoms with van der Waals surface area (Å²) in [6.45, 7) is 4.03. The Hall–Kier alpha value is -3.44. The van der Waals surface area contributed by atoms with Crippen molar-refractivity contribution >= 4 is 22.6 Å². The average Bonchev–Trinajstić information content (AvgIpc) is 3.60. The number of hydrogen-bond acceptors (Lipinski definition) is 9. The Balaban J connectivity index is 1.48. The number of nitrogens with zero attached hydrogens (tertiary/aromatic N) is 5. The van der Waals surface area contributed by atoms with E-state index in [1.165, 1.54) is 32.5 Å². The highest BCUT2D eigenvalue weighted by molar-refractivity contribution is 5.96. The van der Waals surface area contributed by atoms with E-state index in [0.29, 0.717) is 36.6 Å². The van der Waals surface area contributed by atoms with Crippen molar-refractivity contribution in [1.29, 1.82) is 0 Å². The van der Waals surface area contributed by atoms with Gasteiger partial charge in [0, 0.05) is 25.0 Å². The second-order valence-corrected chi connectivity index (χ2v) is 8.09. The van der Waals surface area contributed by atoms with Gasteiger partial charge in [-0.2, -0.15) is 4.99 Å². The molecule has 1 atom stereocenters. The van der Waals surface area contributed by atoms with Crippen LogP contribution in [0.5, 0.6) is 11.5 Å². The molecule has 0 aliphatic carbocycles. The number of amides is 1. The fourth-order valence-corrected chi connectivity index (χ4v) is 4.31. The number of aliphatic hydroxyl groups excluding tert-OH is 1. The number of carbonyl (C=O) groups is 1. The lowest BCUT2D eigenvalue weighted by molar-refractivity contribution is 0.0748. The van der Waals surface area contributed by atoms with Crippen LogP contribution in [0.2, 0.25) is 0 Å². The number of fused-ring (bicyclic) bond motifs is 3. The van der Waals surface area contributed by atoms with E-state index in [1.54, 1.807) is 0 Å². The number of methoxy groups -OCH3 is 1. The van der Waals surface area contributed by atoms with Gasteiger partial charge in [-0.1, -0.05) is 0 Å². The molecule has 0 radical (unpaired) electrons. The fourth-order valence-electron chi connectivity index (χ4n) is 4.31. The quantitative estimate of drug-likeness (QED) is 0.538. The van der Waals surface area contributed by atoms with Crippen molar-refractivity contribution in [3.63, 3.8) is 0 Å². The van der Waals surface area contributed by atoms with E-state index in [4.69, 9.17) is 13.9 Å². The molecular weight excluding hydrogens is 428 g/mol. The minimum Gasteiger partial charge on any atom is -0.491 e. The summed E-state index contributed by atoms with van der Waals surface area (Å²) in [6, 6.07) is 3.70. The van der Waals surface area contributed by atoms with Gasteiger partial charge in [0.1, 0.15) is 24.0 Å². The van der Waals surface area contributed by atoms with Crippen LogP contribution in [0, 0.1) is 0 Å². The zero-order chi connectivity index (χ0) is 22.8. The van der Waals surface area contributed by atoms with Gasteiger partial charge in [0.15, 0.2) is 17.9 Å². The minimum absolute atomic E-state index is 0.0354. The predicted octanol–water partition coefficient (Wildman–Crippen LogP) is 1.03. The number of oxazole rings is 1. The van der Waals surface area contributed by atoms with Gasteiger partial charge >= 0.3 is 5.91 Å². The predicted molar refractivity (Wildman–Crippen MR) is 118 cm³/mol. The summed E-state index contributed by atoms with van der Waals surface area (Å²) < 4.78 is 18.5. The van der Waals surface area contributed by atoms with E-state index >= 15 is 0 Å². The first kappa shape index (κ1) is 21.4. The van der Waals surface area contributed by atoms with Crippen molar-refractivity contribution in [2.45, 2.75) is 25.5 Å². The van der Waals surface area contributed by atoms with E-state index in [1.807, 2.05) is 16.7 Å². The van der Waals surface area contributed by atoms with E-state index in [0.717, 1.165) is 24.3 Å². The molecule has 4 heterocycles. The number of carbonyl (C=O) groups excluding carboxylic acids is 1. The van der Waals surface area contributed by atoms with Crippen LogP contribution in [0.15, 0.2) is 34.1 Å². The summed E-state index contributed by atoms with van der Waals surface area (Å²) in [5.74, 6) is 1.14. The Bertz CT molecular complexity index is 1220. The number of aliphatic hydroxyl groups is 1. The maximum atomic E-state index is 12.5. The molecule has 1 fully saturated rings. The number of rotatable bonds is 7. The number of ether oxygens (including phenoxy) is 2. The zero-order valence-electron chi connectivity index (χ0n) is 18.4. The number of nitrogens with one attached hydrogen (secondary N) is 1. The van der Waals surface area contributed by atoms with Gasteiger partial charge in [-0.05, 0) is 38.1 Å². The first-order chi connectivity index (χ1) is 16.1. The number of hydrogen-bond donors (Lipinski definition) is 2. The molecule has 5 rings (SSSR count). The fraction of sp³-hybridized carbons (Fsp3) is 0.455. The SMILES string of the molecule is COc1c(OC[C@@H](O)CN2CCCC2)ccc2c3n(c(=NC(=O)c4cnco4)nc12)CCN3. The molecule has 2 aromatic heterocycles. The molecule has 11 nitrogen and oxygen atoms in total. The number of anilines is 1. The lowest BCUT2D eigenvalue weighted by Gasteiger charge is -2.20. The van der Waals surface area contributed by atoms with Crippen LogP contribution >= 0.6 is 0 Å². The first-order valence-electron chi connectivity index (χ1n) is 11.0. The highest BCUT2D eigenvalue weighted by Gasteiger charge is 2.22. The van der Waals surface area contributed by atoms with Crippen LogP contribution in [0.4, 0.5) is 5.82 Å². The monoisotopic (exact) mass is 454 g/mol. The Morgan fingerprint density at radius 2 is 2.18 bits per heavy atom. The van der Waals surface area contributed by atoms with Crippen LogP contribution in [0.1, 0.15) is 23.4 Å². The standard InChI is InChI=1S/C22H26N6O5/c1-31-19-16(32-12-14(29)11-27-7-2-3-8-27)5-4-15-18(19)25-22(28-9-6-24-20(15)28)26-21(30)17-10-23-13-33-17/h4-5,10,13-14,24,29H,2-3,6-9,11-12H2,1H3/t14-/m0/s1. The average molecular weight is 454 g/mol. The summed E-state index contributed by atoms with van der Waals surface area (Å²) in [6.07, 6.45) is 4.22. The Kier molecular flexibility index (Phi) is 5.97. The van der Waals surface area contributed by atoms with Crippen molar-refractivity contribution in [3.05, 3.63) is 36.1 Å². The van der Waals surface area contributed by atoms with Crippen molar-refractivity contribution in [2.24, 2.45) is 4.99 Å². The molecule has 0 saturated carbocycles. The first-order valence-corrected chi connectivity index (χ1v) is 11.0. The van der Waals surface area contributed by atoms with E-state index in [9.17, 15) is 9.90 Å².